The van der Waals surface area contributed by atoms with Gasteiger partial charge in [0, 0.05) is 42.6 Å². The van der Waals surface area contributed by atoms with Crippen LogP contribution in [0.25, 0.3) is 56.1 Å². The summed E-state index contributed by atoms with van der Waals surface area (Å²) in [6.07, 6.45) is 13.9. The molecular weight excluding hydrogens is 621 g/mol. The fraction of sp³-hybridized carbons (Fsp3) is 0.351. The first kappa shape index (κ1) is 31.1. The number of rotatable bonds is 10. The second kappa shape index (κ2) is 13.7. The molecule has 250 valence electrons. The van der Waals surface area contributed by atoms with Gasteiger partial charge < -0.3 is 15.0 Å². The predicted molar refractivity (Wildman–Crippen MR) is 186 cm³/mol. The van der Waals surface area contributed by atoms with Gasteiger partial charge in [0.25, 0.3) is 0 Å². The van der Waals surface area contributed by atoms with Gasteiger partial charge in [-0.25, -0.2) is 19.3 Å². The van der Waals surface area contributed by atoms with Gasteiger partial charge in [0.15, 0.2) is 17.2 Å². The molecule has 1 aromatic carbocycles. The molecule has 12 heteroatoms. The number of hydrogen-bond acceptors (Lipinski definition) is 8. The largest absolute Gasteiger partial charge is 0.492 e. The van der Waals surface area contributed by atoms with Crippen LogP contribution < -0.4 is 10.1 Å². The van der Waals surface area contributed by atoms with Crippen molar-refractivity contribution in [3.05, 3.63) is 66.9 Å². The normalized spacial score (nSPS) is 15.7. The molecule has 0 unspecified atom stereocenters. The highest BCUT2D eigenvalue weighted by atomic mass is 19.1. The van der Waals surface area contributed by atoms with E-state index in [0.29, 0.717) is 69.8 Å². The Labute approximate surface area is 282 Å². The van der Waals surface area contributed by atoms with E-state index in [9.17, 15) is 9.18 Å². The average molecular weight is 660 g/mol. The zero-order valence-electron chi connectivity index (χ0n) is 27.2. The zero-order chi connectivity index (χ0) is 33.2. The number of amides is 1. The number of aromatic nitrogens is 7. The highest BCUT2D eigenvalue weighted by Crippen LogP contribution is 2.33. The van der Waals surface area contributed by atoms with Crippen LogP contribution in [0.15, 0.2) is 61.1 Å². The molecule has 2 aliphatic rings. The number of nitrogens with one attached hydrogen (secondary N) is 3. The minimum absolute atomic E-state index is 0.0174. The minimum atomic E-state index is -0.383. The maximum Gasteiger partial charge on any atom is 0.224 e. The fourth-order valence-electron chi connectivity index (χ4n) is 7.09. The summed E-state index contributed by atoms with van der Waals surface area (Å²) in [5, 5.41) is 10.6. The number of likely N-dealkylation sites (tertiary alicyclic amines) is 1. The van der Waals surface area contributed by atoms with Crippen LogP contribution in [-0.2, 0) is 4.79 Å². The van der Waals surface area contributed by atoms with Gasteiger partial charge in [0.05, 0.1) is 23.1 Å². The summed E-state index contributed by atoms with van der Waals surface area (Å²) in [5.41, 5.74) is 6.45. The molecule has 3 N–H and O–H groups in total. The quantitative estimate of drug-likeness (QED) is 0.141. The van der Waals surface area contributed by atoms with E-state index >= 15 is 0 Å². The Bertz CT molecular complexity index is 2110. The topological polar surface area (TPSA) is 138 Å². The van der Waals surface area contributed by atoms with Crippen molar-refractivity contribution >= 4 is 33.8 Å². The first-order chi connectivity index (χ1) is 24.1. The van der Waals surface area contributed by atoms with Gasteiger partial charge >= 0.3 is 0 Å². The summed E-state index contributed by atoms with van der Waals surface area (Å²) < 4.78 is 20.8. The van der Waals surface area contributed by atoms with Crippen molar-refractivity contribution in [1.29, 1.82) is 0 Å². The molecular formula is C37H38FN9O2. The number of halogens is 1. The van der Waals surface area contributed by atoms with Gasteiger partial charge in [-0.15, -0.1) is 0 Å². The number of anilines is 1. The summed E-state index contributed by atoms with van der Waals surface area (Å²) in [6, 6.07) is 12.2. The standard InChI is InChI=1S/C37H38FN9O2/c38-26-17-24(19-28(20-26)49-15-14-47-12-4-5-13-47)29-10-11-40-36-33(29)43-37(44-36)35-34-31(45-46-35)9-8-30(42-34)25-18-27(22-39-21-25)41-32(48)16-23-6-2-1-3-7-23/h8-11,17-23H,1-7,12-16H2,(H,41,48)(H,45,46)(H,40,43,44). The lowest BCUT2D eigenvalue weighted by Gasteiger charge is -2.20. The maximum atomic E-state index is 14.8. The van der Waals surface area contributed by atoms with E-state index in [4.69, 9.17) is 14.7 Å². The highest BCUT2D eigenvalue weighted by Gasteiger charge is 2.20. The molecule has 0 bridgehead atoms. The Morgan fingerprint density at radius 2 is 1.84 bits per heavy atom. The van der Waals surface area contributed by atoms with Gasteiger partial charge in [-0.1, -0.05) is 19.3 Å². The number of benzene rings is 1. The number of carbonyl (C=O) groups excluding carboxylic acids is 1. The van der Waals surface area contributed by atoms with Crippen molar-refractivity contribution in [3.8, 4) is 39.7 Å². The second-order valence-corrected chi connectivity index (χ2v) is 13.1. The van der Waals surface area contributed by atoms with Crippen molar-refractivity contribution in [2.45, 2.75) is 51.4 Å². The third-order valence-electron chi connectivity index (χ3n) is 9.59. The van der Waals surface area contributed by atoms with Gasteiger partial charge in [0.1, 0.15) is 29.2 Å². The van der Waals surface area contributed by atoms with Gasteiger partial charge in [-0.3, -0.25) is 19.8 Å². The number of H-pyrrole nitrogens is 2. The van der Waals surface area contributed by atoms with Crippen molar-refractivity contribution in [2.75, 3.05) is 31.6 Å². The van der Waals surface area contributed by atoms with Gasteiger partial charge in [0.2, 0.25) is 5.91 Å². The van der Waals surface area contributed by atoms with Crippen LogP contribution in [0.4, 0.5) is 10.1 Å². The molecule has 0 spiro atoms. The maximum absolute atomic E-state index is 14.8. The number of nitrogens with zero attached hydrogens (tertiary/aromatic N) is 6. The Hall–Kier alpha value is -5.23. The molecule has 49 heavy (non-hydrogen) atoms. The van der Waals surface area contributed by atoms with Crippen LogP contribution >= 0.6 is 0 Å². The molecule has 5 aromatic heterocycles. The van der Waals surface area contributed by atoms with E-state index in [1.807, 2.05) is 30.3 Å². The molecule has 0 radical (unpaired) electrons. The molecule has 1 amide bonds. The van der Waals surface area contributed by atoms with Crippen LogP contribution in [0.3, 0.4) is 0 Å². The van der Waals surface area contributed by atoms with E-state index in [-0.39, 0.29) is 11.7 Å². The molecule has 1 aliphatic carbocycles. The molecule has 1 saturated carbocycles. The van der Waals surface area contributed by atoms with Crippen LogP contribution in [0, 0.1) is 11.7 Å². The number of pyridine rings is 3. The van der Waals surface area contributed by atoms with Crippen LogP contribution in [0.2, 0.25) is 0 Å². The van der Waals surface area contributed by atoms with Gasteiger partial charge in [-0.05, 0) is 86.7 Å². The lowest BCUT2D eigenvalue weighted by molar-refractivity contribution is -0.117. The van der Waals surface area contributed by atoms with Crippen molar-refractivity contribution in [2.24, 2.45) is 5.92 Å². The second-order valence-electron chi connectivity index (χ2n) is 13.1. The molecule has 6 aromatic rings. The predicted octanol–water partition coefficient (Wildman–Crippen LogP) is 7.15. The van der Waals surface area contributed by atoms with Crippen molar-refractivity contribution in [1.82, 2.24) is 40.0 Å². The van der Waals surface area contributed by atoms with E-state index in [2.05, 4.69) is 35.4 Å². The SMILES string of the molecule is O=C(CC1CCCCC1)Nc1cncc(-c2ccc3[nH]nc(-c4nc5c(-c6cc(F)cc(OCCN7CCCC7)c6)ccnc5[nH]4)c3n2)c1. The first-order valence-corrected chi connectivity index (χ1v) is 17.2. The first-order valence-electron chi connectivity index (χ1n) is 17.2. The molecule has 8 rings (SSSR count). The lowest BCUT2D eigenvalue weighted by atomic mass is 9.87. The molecule has 1 saturated heterocycles. The molecule has 1 aliphatic heterocycles. The van der Waals surface area contributed by atoms with E-state index in [1.165, 1.54) is 44.2 Å². The van der Waals surface area contributed by atoms with Crippen molar-refractivity contribution in [3.63, 3.8) is 0 Å². The monoisotopic (exact) mass is 659 g/mol. The number of imidazole rings is 1. The number of ether oxygens (including phenoxy) is 1. The lowest BCUT2D eigenvalue weighted by Crippen LogP contribution is -2.25. The molecule has 11 nitrogen and oxygen atoms in total. The summed E-state index contributed by atoms with van der Waals surface area (Å²) in [6.45, 7) is 3.49. The number of fused-ring (bicyclic) bond motifs is 2. The number of hydrogen-bond donors (Lipinski definition) is 3. The Balaban J connectivity index is 1.05. The van der Waals surface area contributed by atoms with Crippen LogP contribution in [0.1, 0.15) is 51.4 Å². The molecule has 6 heterocycles. The Morgan fingerprint density at radius 1 is 0.959 bits per heavy atom. The third kappa shape index (κ3) is 6.86. The fourth-order valence-corrected chi connectivity index (χ4v) is 7.09. The zero-order valence-corrected chi connectivity index (χ0v) is 27.2. The van der Waals surface area contributed by atoms with E-state index in [0.717, 1.165) is 49.1 Å². The summed E-state index contributed by atoms with van der Waals surface area (Å²) in [7, 11) is 0. The highest BCUT2D eigenvalue weighted by molar-refractivity contribution is 5.95. The third-order valence-corrected chi connectivity index (χ3v) is 9.59. The van der Waals surface area contributed by atoms with E-state index < -0.39 is 0 Å². The van der Waals surface area contributed by atoms with Crippen molar-refractivity contribution < 1.29 is 13.9 Å². The van der Waals surface area contributed by atoms with Crippen LogP contribution in [-0.4, -0.2) is 72.2 Å². The molecule has 0 atom stereocenters. The minimum Gasteiger partial charge on any atom is -0.492 e. The van der Waals surface area contributed by atoms with E-state index in [1.54, 1.807) is 18.6 Å². The average Bonchev–Trinajstić information content (AvgIpc) is 3.88. The summed E-state index contributed by atoms with van der Waals surface area (Å²) >= 11 is 0. The Kier molecular flexibility index (Phi) is 8.69. The summed E-state index contributed by atoms with van der Waals surface area (Å²) in [4.78, 5) is 37.1. The number of carbonyl (C=O) groups is 1. The summed E-state index contributed by atoms with van der Waals surface area (Å²) in [5.74, 6) is 1.04. The van der Waals surface area contributed by atoms with Crippen LogP contribution in [0.5, 0.6) is 5.75 Å². The number of aromatic amines is 2. The smallest absolute Gasteiger partial charge is 0.224 e. The Morgan fingerprint density at radius 3 is 2.71 bits per heavy atom. The van der Waals surface area contributed by atoms with Gasteiger partial charge in [-0.2, -0.15) is 5.10 Å². The molecule has 2 fully saturated rings.